The van der Waals surface area contributed by atoms with E-state index in [4.69, 9.17) is 14.3 Å². The standard InChI is InChI=1S/C11H10N2O4/c1-16-8-4-2-3-7(5-8)12-11-13-9(6-17-11)10(14)15/h2-6H,1H3,(H,12,13)(H,14,15). The molecule has 0 aliphatic heterocycles. The molecular weight excluding hydrogens is 224 g/mol. The third kappa shape index (κ3) is 2.54. The number of ether oxygens (including phenoxy) is 1. The van der Waals surface area contributed by atoms with E-state index in [0.717, 1.165) is 6.26 Å². The van der Waals surface area contributed by atoms with E-state index < -0.39 is 5.97 Å². The highest BCUT2D eigenvalue weighted by atomic mass is 16.5. The lowest BCUT2D eigenvalue weighted by molar-refractivity contribution is 0.0690. The van der Waals surface area contributed by atoms with Gasteiger partial charge in [0.15, 0.2) is 5.69 Å². The summed E-state index contributed by atoms with van der Waals surface area (Å²) in [6.45, 7) is 0. The van der Waals surface area contributed by atoms with Gasteiger partial charge in [-0.3, -0.25) is 0 Å². The first kappa shape index (κ1) is 11.0. The van der Waals surface area contributed by atoms with Crippen LogP contribution in [0.4, 0.5) is 11.7 Å². The predicted molar refractivity (Wildman–Crippen MR) is 59.7 cm³/mol. The summed E-state index contributed by atoms with van der Waals surface area (Å²) < 4.78 is 10.0. The van der Waals surface area contributed by atoms with Crippen molar-refractivity contribution in [2.75, 3.05) is 12.4 Å². The molecule has 0 saturated carbocycles. The van der Waals surface area contributed by atoms with Crippen molar-refractivity contribution in [2.45, 2.75) is 0 Å². The minimum absolute atomic E-state index is 0.121. The molecule has 1 aromatic heterocycles. The number of carboxylic acids is 1. The Morgan fingerprint density at radius 1 is 1.53 bits per heavy atom. The number of benzene rings is 1. The second-order valence-corrected chi connectivity index (χ2v) is 3.20. The Morgan fingerprint density at radius 2 is 2.35 bits per heavy atom. The fourth-order valence-corrected chi connectivity index (χ4v) is 1.25. The summed E-state index contributed by atoms with van der Waals surface area (Å²) in [5.41, 5.74) is 0.554. The van der Waals surface area contributed by atoms with Crippen LogP contribution in [0.3, 0.4) is 0 Å². The molecular formula is C11H10N2O4. The number of methoxy groups -OCH3 is 1. The summed E-state index contributed by atoms with van der Waals surface area (Å²) in [4.78, 5) is 14.3. The minimum Gasteiger partial charge on any atom is -0.497 e. The predicted octanol–water partition coefficient (Wildman–Crippen LogP) is 2.12. The summed E-state index contributed by atoms with van der Waals surface area (Å²) in [5.74, 6) is -0.451. The zero-order valence-corrected chi connectivity index (χ0v) is 9.01. The van der Waals surface area contributed by atoms with Crippen LogP contribution in [0.2, 0.25) is 0 Å². The van der Waals surface area contributed by atoms with Gasteiger partial charge in [0.2, 0.25) is 0 Å². The number of hydrogen-bond donors (Lipinski definition) is 2. The van der Waals surface area contributed by atoms with E-state index in [9.17, 15) is 4.79 Å². The maximum absolute atomic E-state index is 10.6. The highest BCUT2D eigenvalue weighted by Gasteiger charge is 2.10. The summed E-state index contributed by atoms with van der Waals surface area (Å²) >= 11 is 0. The van der Waals surface area contributed by atoms with Gasteiger partial charge in [0, 0.05) is 11.8 Å². The molecule has 0 amide bonds. The minimum atomic E-state index is -1.13. The first-order valence-corrected chi connectivity index (χ1v) is 4.79. The van der Waals surface area contributed by atoms with Crippen LogP contribution in [0, 0.1) is 0 Å². The SMILES string of the molecule is COc1cccc(Nc2nc(C(=O)O)co2)c1. The number of aromatic carboxylic acids is 1. The van der Waals surface area contributed by atoms with Crippen LogP contribution < -0.4 is 10.1 Å². The second-order valence-electron chi connectivity index (χ2n) is 3.20. The molecule has 1 aromatic carbocycles. The van der Waals surface area contributed by atoms with Crippen LogP contribution in [0.15, 0.2) is 34.9 Å². The molecule has 88 valence electrons. The molecule has 0 fully saturated rings. The van der Waals surface area contributed by atoms with Gasteiger partial charge in [0.05, 0.1) is 7.11 Å². The zero-order chi connectivity index (χ0) is 12.3. The quantitative estimate of drug-likeness (QED) is 0.842. The van der Waals surface area contributed by atoms with Crippen LogP contribution in [0.25, 0.3) is 0 Å². The zero-order valence-electron chi connectivity index (χ0n) is 9.01. The smallest absolute Gasteiger partial charge is 0.357 e. The number of nitrogens with one attached hydrogen (secondary N) is 1. The normalized spacial score (nSPS) is 9.94. The van der Waals surface area contributed by atoms with E-state index in [0.29, 0.717) is 11.4 Å². The molecule has 17 heavy (non-hydrogen) atoms. The van der Waals surface area contributed by atoms with Gasteiger partial charge in [0.1, 0.15) is 12.0 Å². The Bertz CT molecular complexity index is 536. The number of rotatable bonds is 4. The van der Waals surface area contributed by atoms with Crippen molar-refractivity contribution in [3.05, 3.63) is 36.2 Å². The number of carbonyl (C=O) groups is 1. The molecule has 2 N–H and O–H groups in total. The van der Waals surface area contributed by atoms with Crippen molar-refractivity contribution in [3.63, 3.8) is 0 Å². The van der Waals surface area contributed by atoms with Gasteiger partial charge in [0.25, 0.3) is 6.01 Å². The van der Waals surface area contributed by atoms with Crippen molar-refractivity contribution >= 4 is 17.7 Å². The number of carboxylic acid groups (broad SMARTS) is 1. The van der Waals surface area contributed by atoms with E-state index in [1.54, 1.807) is 31.4 Å². The summed E-state index contributed by atoms with van der Waals surface area (Å²) in [7, 11) is 1.56. The van der Waals surface area contributed by atoms with Gasteiger partial charge in [-0.25, -0.2) is 4.79 Å². The molecule has 0 bridgehead atoms. The molecule has 0 aliphatic rings. The molecule has 1 heterocycles. The Kier molecular flexibility index (Phi) is 2.95. The third-order valence-electron chi connectivity index (χ3n) is 2.04. The van der Waals surface area contributed by atoms with Crippen molar-refractivity contribution in [1.82, 2.24) is 4.98 Å². The number of oxazole rings is 1. The van der Waals surface area contributed by atoms with Gasteiger partial charge in [-0.2, -0.15) is 4.98 Å². The monoisotopic (exact) mass is 234 g/mol. The fraction of sp³-hybridized carbons (Fsp3) is 0.0909. The average molecular weight is 234 g/mol. The number of anilines is 2. The first-order valence-electron chi connectivity index (χ1n) is 4.79. The summed E-state index contributed by atoms with van der Waals surface area (Å²) in [6, 6.07) is 7.24. The van der Waals surface area contributed by atoms with Crippen molar-refractivity contribution in [3.8, 4) is 5.75 Å². The Morgan fingerprint density at radius 3 is 3.00 bits per heavy atom. The molecule has 0 radical (unpaired) electrons. The first-order chi connectivity index (χ1) is 8.19. The Hall–Kier alpha value is -2.50. The van der Waals surface area contributed by atoms with Crippen molar-refractivity contribution in [2.24, 2.45) is 0 Å². The lowest BCUT2D eigenvalue weighted by atomic mass is 10.3. The average Bonchev–Trinajstić information content (AvgIpc) is 2.78. The molecule has 2 rings (SSSR count). The van der Waals surface area contributed by atoms with Gasteiger partial charge in [-0.15, -0.1) is 0 Å². The molecule has 6 heteroatoms. The third-order valence-corrected chi connectivity index (χ3v) is 2.04. The van der Waals surface area contributed by atoms with E-state index in [1.807, 2.05) is 0 Å². The largest absolute Gasteiger partial charge is 0.497 e. The Labute approximate surface area is 96.9 Å². The van der Waals surface area contributed by atoms with Crippen LogP contribution >= 0.6 is 0 Å². The topological polar surface area (TPSA) is 84.6 Å². The molecule has 0 atom stereocenters. The summed E-state index contributed by atoms with van der Waals surface area (Å²) in [5, 5.41) is 11.5. The van der Waals surface area contributed by atoms with Crippen LogP contribution in [-0.2, 0) is 0 Å². The highest BCUT2D eigenvalue weighted by molar-refractivity contribution is 5.85. The van der Waals surface area contributed by atoms with Gasteiger partial charge < -0.3 is 19.6 Å². The van der Waals surface area contributed by atoms with Crippen LogP contribution in [-0.4, -0.2) is 23.2 Å². The Balaban J connectivity index is 2.16. The second kappa shape index (κ2) is 4.56. The van der Waals surface area contributed by atoms with Crippen molar-refractivity contribution < 1.29 is 19.1 Å². The van der Waals surface area contributed by atoms with Gasteiger partial charge in [-0.1, -0.05) is 6.07 Å². The number of nitrogens with zero attached hydrogens (tertiary/aromatic N) is 1. The van der Waals surface area contributed by atoms with Gasteiger partial charge in [-0.05, 0) is 12.1 Å². The van der Waals surface area contributed by atoms with Crippen LogP contribution in [0.5, 0.6) is 5.75 Å². The van der Waals surface area contributed by atoms with E-state index >= 15 is 0 Å². The molecule has 0 unspecified atom stereocenters. The number of hydrogen-bond acceptors (Lipinski definition) is 5. The van der Waals surface area contributed by atoms with Crippen LogP contribution in [0.1, 0.15) is 10.5 Å². The molecule has 0 aliphatic carbocycles. The maximum atomic E-state index is 10.6. The van der Waals surface area contributed by atoms with E-state index in [2.05, 4.69) is 10.3 Å². The molecule has 0 spiro atoms. The molecule has 0 saturated heterocycles. The van der Waals surface area contributed by atoms with E-state index in [-0.39, 0.29) is 11.7 Å². The molecule has 2 aromatic rings. The lowest BCUT2D eigenvalue weighted by Gasteiger charge is -2.03. The van der Waals surface area contributed by atoms with E-state index in [1.165, 1.54) is 0 Å². The summed E-state index contributed by atoms with van der Waals surface area (Å²) in [6.07, 6.45) is 1.07. The van der Waals surface area contributed by atoms with Crippen molar-refractivity contribution in [1.29, 1.82) is 0 Å². The number of aromatic nitrogens is 1. The maximum Gasteiger partial charge on any atom is 0.357 e. The fourth-order valence-electron chi connectivity index (χ4n) is 1.25. The lowest BCUT2D eigenvalue weighted by Crippen LogP contribution is -1.97. The molecule has 6 nitrogen and oxygen atoms in total. The highest BCUT2D eigenvalue weighted by Crippen LogP contribution is 2.20. The van der Waals surface area contributed by atoms with Gasteiger partial charge >= 0.3 is 5.97 Å².